The molecule has 2 aromatic carbocycles. The molecule has 0 bridgehead atoms. The van der Waals surface area contributed by atoms with Crippen LogP contribution in [0.15, 0.2) is 71.9 Å². The summed E-state index contributed by atoms with van der Waals surface area (Å²) >= 11 is 0. The van der Waals surface area contributed by atoms with Crippen LogP contribution in [0.25, 0.3) is 11.3 Å². The first-order valence-electron chi connectivity index (χ1n) is 9.01. The highest BCUT2D eigenvalue weighted by atomic mass is 16.1. The van der Waals surface area contributed by atoms with Crippen LogP contribution in [0.5, 0.6) is 0 Å². The van der Waals surface area contributed by atoms with E-state index in [-0.39, 0.29) is 12.5 Å². The molecule has 3 N–H and O–H groups in total. The molecule has 7 heteroatoms. The highest BCUT2D eigenvalue weighted by molar-refractivity contribution is 5.94. The number of hydrogen-bond acceptors (Lipinski definition) is 3. The zero-order valence-electron chi connectivity index (χ0n) is 16.0. The molecule has 1 heterocycles. The van der Waals surface area contributed by atoms with Gasteiger partial charge in [0.05, 0.1) is 25.0 Å². The van der Waals surface area contributed by atoms with Gasteiger partial charge in [-0.05, 0) is 17.7 Å². The molecule has 0 saturated carbocycles. The molecule has 0 aliphatic rings. The molecule has 0 radical (unpaired) electrons. The lowest BCUT2D eigenvalue weighted by atomic mass is 10.2. The number of nitrogens with one attached hydrogen (secondary N) is 3. The van der Waals surface area contributed by atoms with Crippen LogP contribution in [0.1, 0.15) is 5.82 Å². The molecule has 0 fully saturated rings. The first-order chi connectivity index (χ1) is 13.7. The van der Waals surface area contributed by atoms with Crippen LogP contribution < -0.4 is 10.6 Å². The Morgan fingerprint density at radius 2 is 1.79 bits per heavy atom. The standard InChI is InChI=1S/C21H24N6O/c1-22-21(24-14-20(28)25-17-11-7-4-8-12-17)27(2)15-19-23-13-18(26-19)16-9-5-3-6-10-16/h3-13H,14-15H2,1-2H3,(H,22,24)(H,23,26)(H,25,28). The van der Waals surface area contributed by atoms with Gasteiger partial charge in [-0.15, -0.1) is 0 Å². The third-order valence-electron chi connectivity index (χ3n) is 4.14. The highest BCUT2D eigenvalue weighted by Crippen LogP contribution is 2.16. The van der Waals surface area contributed by atoms with Crippen molar-refractivity contribution in [1.29, 1.82) is 0 Å². The second kappa shape index (κ2) is 9.36. The van der Waals surface area contributed by atoms with Gasteiger partial charge in [0.2, 0.25) is 5.91 Å². The Hall–Kier alpha value is -3.61. The number of aromatic amines is 1. The Balaban J connectivity index is 1.53. The predicted octanol–water partition coefficient (Wildman–Crippen LogP) is 2.72. The van der Waals surface area contributed by atoms with E-state index in [4.69, 9.17) is 0 Å². The Kier molecular flexibility index (Phi) is 6.41. The minimum atomic E-state index is -0.134. The fourth-order valence-corrected chi connectivity index (χ4v) is 2.78. The summed E-state index contributed by atoms with van der Waals surface area (Å²) < 4.78 is 0. The van der Waals surface area contributed by atoms with Crippen molar-refractivity contribution < 1.29 is 4.79 Å². The molecule has 0 aliphatic heterocycles. The number of H-pyrrole nitrogens is 1. The summed E-state index contributed by atoms with van der Waals surface area (Å²) in [5.74, 6) is 1.30. The lowest BCUT2D eigenvalue weighted by Crippen LogP contribution is -2.42. The number of anilines is 1. The van der Waals surface area contributed by atoms with Gasteiger partial charge in [0.15, 0.2) is 5.96 Å². The quantitative estimate of drug-likeness (QED) is 0.456. The molecule has 0 unspecified atom stereocenters. The number of carbonyl (C=O) groups excluding carboxylic acids is 1. The van der Waals surface area contributed by atoms with Crippen LogP contribution in [0.4, 0.5) is 5.69 Å². The van der Waals surface area contributed by atoms with Crippen molar-refractivity contribution in [3.63, 3.8) is 0 Å². The number of benzene rings is 2. The third kappa shape index (κ3) is 5.20. The van der Waals surface area contributed by atoms with E-state index in [1.165, 1.54) is 0 Å². The molecule has 0 aliphatic carbocycles. The number of amides is 1. The van der Waals surface area contributed by atoms with Crippen molar-refractivity contribution in [2.45, 2.75) is 6.54 Å². The summed E-state index contributed by atoms with van der Waals surface area (Å²) in [6, 6.07) is 19.4. The highest BCUT2D eigenvalue weighted by Gasteiger charge is 2.11. The summed E-state index contributed by atoms with van der Waals surface area (Å²) in [6.45, 7) is 0.659. The summed E-state index contributed by atoms with van der Waals surface area (Å²) in [4.78, 5) is 26.0. The van der Waals surface area contributed by atoms with E-state index in [1.54, 1.807) is 7.05 Å². The fraction of sp³-hybridized carbons (Fsp3) is 0.190. The number of para-hydroxylation sites is 1. The van der Waals surface area contributed by atoms with Crippen LogP contribution in [-0.4, -0.2) is 47.4 Å². The van der Waals surface area contributed by atoms with Crippen molar-refractivity contribution in [1.82, 2.24) is 20.2 Å². The second-order valence-electron chi connectivity index (χ2n) is 6.28. The Labute approximate surface area is 164 Å². The largest absolute Gasteiger partial charge is 0.347 e. The van der Waals surface area contributed by atoms with Crippen molar-refractivity contribution in [2.24, 2.45) is 4.99 Å². The Bertz CT molecular complexity index is 920. The maximum atomic E-state index is 12.1. The summed E-state index contributed by atoms with van der Waals surface area (Å²) in [7, 11) is 3.58. The number of aliphatic imine (C=N–C) groups is 1. The molecule has 1 aromatic heterocycles. The monoisotopic (exact) mass is 376 g/mol. The first kappa shape index (κ1) is 19.2. The van der Waals surface area contributed by atoms with E-state index in [2.05, 4.69) is 25.6 Å². The summed E-state index contributed by atoms with van der Waals surface area (Å²) in [5, 5.41) is 5.91. The van der Waals surface area contributed by atoms with Gasteiger partial charge < -0.3 is 20.5 Å². The van der Waals surface area contributed by atoms with E-state index < -0.39 is 0 Å². The molecule has 7 nitrogen and oxygen atoms in total. The van der Waals surface area contributed by atoms with Gasteiger partial charge in [-0.1, -0.05) is 48.5 Å². The zero-order chi connectivity index (χ0) is 19.8. The third-order valence-corrected chi connectivity index (χ3v) is 4.14. The average molecular weight is 376 g/mol. The molecule has 3 aromatic rings. The van der Waals surface area contributed by atoms with Crippen LogP contribution in [-0.2, 0) is 11.3 Å². The van der Waals surface area contributed by atoms with E-state index in [1.807, 2.05) is 78.8 Å². The smallest absolute Gasteiger partial charge is 0.243 e. The average Bonchev–Trinajstić information content (AvgIpc) is 3.18. The zero-order valence-corrected chi connectivity index (χ0v) is 16.0. The van der Waals surface area contributed by atoms with Crippen LogP contribution >= 0.6 is 0 Å². The van der Waals surface area contributed by atoms with E-state index in [0.717, 1.165) is 22.8 Å². The maximum Gasteiger partial charge on any atom is 0.243 e. The van der Waals surface area contributed by atoms with Crippen molar-refractivity contribution in [3.05, 3.63) is 72.7 Å². The molecular formula is C21H24N6O. The van der Waals surface area contributed by atoms with Gasteiger partial charge in [0.1, 0.15) is 5.82 Å². The topological polar surface area (TPSA) is 85.4 Å². The molecule has 0 saturated heterocycles. The number of nitrogens with zero attached hydrogens (tertiary/aromatic N) is 3. The van der Waals surface area contributed by atoms with Crippen LogP contribution in [0.2, 0.25) is 0 Å². The van der Waals surface area contributed by atoms with Gasteiger partial charge in [-0.25, -0.2) is 4.98 Å². The van der Waals surface area contributed by atoms with E-state index >= 15 is 0 Å². The summed E-state index contributed by atoms with van der Waals surface area (Å²) in [6.07, 6.45) is 1.82. The summed E-state index contributed by atoms with van der Waals surface area (Å²) in [5.41, 5.74) is 2.82. The van der Waals surface area contributed by atoms with Crippen LogP contribution in [0, 0.1) is 0 Å². The lowest BCUT2D eigenvalue weighted by Gasteiger charge is -2.20. The van der Waals surface area contributed by atoms with E-state index in [0.29, 0.717) is 12.5 Å². The lowest BCUT2D eigenvalue weighted by molar-refractivity contribution is -0.115. The second-order valence-corrected chi connectivity index (χ2v) is 6.28. The van der Waals surface area contributed by atoms with E-state index in [9.17, 15) is 4.79 Å². The number of hydrogen-bond donors (Lipinski definition) is 3. The molecule has 0 atom stereocenters. The van der Waals surface area contributed by atoms with Gasteiger partial charge in [0.25, 0.3) is 0 Å². The Morgan fingerprint density at radius 1 is 1.11 bits per heavy atom. The maximum absolute atomic E-state index is 12.1. The van der Waals surface area contributed by atoms with Gasteiger partial charge in [0, 0.05) is 19.8 Å². The molecule has 144 valence electrons. The first-order valence-corrected chi connectivity index (χ1v) is 9.01. The number of aromatic nitrogens is 2. The number of guanidine groups is 1. The molecule has 1 amide bonds. The normalized spacial score (nSPS) is 11.1. The van der Waals surface area contributed by atoms with Crippen molar-refractivity contribution in [2.75, 3.05) is 26.0 Å². The predicted molar refractivity (Wildman–Crippen MR) is 112 cm³/mol. The van der Waals surface area contributed by atoms with Crippen molar-refractivity contribution in [3.8, 4) is 11.3 Å². The minimum absolute atomic E-state index is 0.124. The van der Waals surface area contributed by atoms with Gasteiger partial charge in [-0.2, -0.15) is 0 Å². The van der Waals surface area contributed by atoms with Gasteiger partial charge in [-0.3, -0.25) is 9.79 Å². The molecule has 28 heavy (non-hydrogen) atoms. The SMILES string of the molecule is CN=C(NCC(=O)Nc1ccccc1)N(C)Cc1ncc(-c2ccccc2)[nH]1. The number of carbonyl (C=O) groups is 1. The molecule has 3 rings (SSSR count). The fourth-order valence-electron chi connectivity index (χ4n) is 2.78. The van der Waals surface area contributed by atoms with Crippen LogP contribution in [0.3, 0.4) is 0 Å². The van der Waals surface area contributed by atoms with Gasteiger partial charge >= 0.3 is 0 Å². The molecule has 0 spiro atoms. The van der Waals surface area contributed by atoms with Crippen molar-refractivity contribution >= 4 is 17.6 Å². The minimum Gasteiger partial charge on any atom is -0.347 e. The number of rotatable bonds is 6. The number of imidazole rings is 1. The molecular weight excluding hydrogens is 352 g/mol. The Morgan fingerprint density at radius 3 is 2.46 bits per heavy atom.